The third-order valence-corrected chi connectivity index (χ3v) is 5.40. The smallest absolute Gasteiger partial charge is 0.0971 e. The van der Waals surface area contributed by atoms with Gasteiger partial charge in [-0.2, -0.15) is 0 Å². The molecule has 0 aliphatic heterocycles. The number of unbranched alkanes of at least 4 members (excludes halogenated alkanes) is 9. The van der Waals surface area contributed by atoms with E-state index in [-0.39, 0.29) is 5.41 Å². The van der Waals surface area contributed by atoms with Gasteiger partial charge in [0.05, 0.1) is 25.2 Å². The van der Waals surface area contributed by atoms with Crippen LogP contribution in [0.4, 0.5) is 0 Å². The highest BCUT2D eigenvalue weighted by molar-refractivity contribution is 5.25. The summed E-state index contributed by atoms with van der Waals surface area (Å²) in [6, 6.07) is 0. The lowest BCUT2D eigenvalue weighted by atomic mass is 9.77. The van der Waals surface area contributed by atoms with Gasteiger partial charge in [-0.15, -0.1) is 0 Å². The van der Waals surface area contributed by atoms with E-state index in [2.05, 4.69) is 45.1 Å². The summed E-state index contributed by atoms with van der Waals surface area (Å²) in [6.45, 7) is 8.16. The molecule has 2 nitrogen and oxygen atoms in total. The van der Waals surface area contributed by atoms with Crippen LogP contribution in [0.1, 0.15) is 104 Å². The van der Waals surface area contributed by atoms with Crippen molar-refractivity contribution in [1.29, 1.82) is 0 Å². The summed E-state index contributed by atoms with van der Waals surface area (Å²) in [5.41, 5.74) is 0.0632. The van der Waals surface area contributed by atoms with E-state index in [1.165, 1.54) is 70.6 Å². The third kappa shape index (κ3) is 11.3. The van der Waals surface area contributed by atoms with E-state index in [4.69, 9.17) is 9.47 Å². The van der Waals surface area contributed by atoms with Crippen LogP contribution < -0.4 is 0 Å². The molecule has 2 heteroatoms. The summed E-state index contributed by atoms with van der Waals surface area (Å²) in [6.07, 6.45) is 27.5. The monoisotopic (exact) mass is 376 g/mol. The summed E-state index contributed by atoms with van der Waals surface area (Å²) in [4.78, 5) is 0. The lowest BCUT2D eigenvalue weighted by Crippen LogP contribution is -2.19. The Hall–Kier alpha value is -1.18. The van der Waals surface area contributed by atoms with Gasteiger partial charge >= 0.3 is 0 Å². The van der Waals surface area contributed by atoms with Crippen molar-refractivity contribution in [2.45, 2.75) is 104 Å². The molecule has 1 aliphatic carbocycles. The molecule has 0 heterocycles. The average molecular weight is 377 g/mol. The van der Waals surface area contributed by atoms with Crippen LogP contribution in [-0.2, 0) is 9.47 Å². The SMILES string of the molecule is CCCCCCCCCCCOC=CC1(CCCC)C=CC=C(OCC)C1. The van der Waals surface area contributed by atoms with Crippen molar-refractivity contribution in [1.82, 2.24) is 0 Å². The van der Waals surface area contributed by atoms with Gasteiger partial charge in [0.25, 0.3) is 0 Å². The summed E-state index contributed by atoms with van der Waals surface area (Å²) >= 11 is 0. The van der Waals surface area contributed by atoms with Crippen molar-refractivity contribution in [3.8, 4) is 0 Å². The topological polar surface area (TPSA) is 18.5 Å². The molecule has 1 rings (SSSR count). The highest BCUT2D eigenvalue weighted by atomic mass is 16.5. The normalized spacial score (nSPS) is 19.4. The first-order chi connectivity index (χ1) is 13.3. The molecule has 0 N–H and O–H groups in total. The largest absolute Gasteiger partial charge is 0.501 e. The van der Waals surface area contributed by atoms with Crippen LogP contribution >= 0.6 is 0 Å². The summed E-state index contributed by atoms with van der Waals surface area (Å²) in [5, 5.41) is 0. The van der Waals surface area contributed by atoms with Crippen LogP contribution in [0.15, 0.2) is 36.3 Å². The molecule has 27 heavy (non-hydrogen) atoms. The maximum atomic E-state index is 5.82. The Balaban J connectivity index is 2.22. The maximum Gasteiger partial charge on any atom is 0.0971 e. The quantitative estimate of drug-likeness (QED) is 0.188. The molecule has 0 radical (unpaired) electrons. The minimum atomic E-state index is 0.0632. The molecule has 1 unspecified atom stereocenters. The second-order valence-corrected chi connectivity index (χ2v) is 7.94. The predicted molar refractivity (Wildman–Crippen MR) is 118 cm³/mol. The van der Waals surface area contributed by atoms with Crippen LogP contribution in [-0.4, -0.2) is 13.2 Å². The molecular formula is C25H44O2. The molecule has 0 amide bonds. The van der Waals surface area contributed by atoms with E-state index in [1.54, 1.807) is 0 Å². The van der Waals surface area contributed by atoms with Crippen LogP contribution in [0, 0.1) is 5.41 Å². The zero-order valence-corrected chi connectivity index (χ0v) is 18.3. The van der Waals surface area contributed by atoms with Crippen molar-refractivity contribution < 1.29 is 9.47 Å². The fraction of sp³-hybridized carbons (Fsp3) is 0.760. The first-order valence-corrected chi connectivity index (χ1v) is 11.6. The van der Waals surface area contributed by atoms with Gasteiger partial charge in [0, 0.05) is 11.8 Å². The van der Waals surface area contributed by atoms with Crippen molar-refractivity contribution in [2.75, 3.05) is 13.2 Å². The summed E-state index contributed by atoms with van der Waals surface area (Å²) in [7, 11) is 0. The Morgan fingerprint density at radius 2 is 1.56 bits per heavy atom. The molecule has 1 aliphatic rings. The zero-order valence-electron chi connectivity index (χ0n) is 18.3. The van der Waals surface area contributed by atoms with Crippen molar-refractivity contribution in [2.24, 2.45) is 5.41 Å². The molecule has 0 aromatic rings. The molecule has 0 aromatic heterocycles. The number of hydrogen-bond donors (Lipinski definition) is 0. The second-order valence-electron chi connectivity index (χ2n) is 7.94. The van der Waals surface area contributed by atoms with Crippen LogP contribution in [0.5, 0.6) is 0 Å². The molecule has 0 fully saturated rings. The molecule has 0 aromatic carbocycles. The number of rotatable bonds is 17. The van der Waals surface area contributed by atoms with E-state index in [1.807, 2.05) is 6.26 Å². The van der Waals surface area contributed by atoms with Crippen LogP contribution in [0.25, 0.3) is 0 Å². The second kappa shape index (κ2) is 15.8. The third-order valence-electron chi connectivity index (χ3n) is 5.40. The summed E-state index contributed by atoms with van der Waals surface area (Å²) < 4.78 is 11.6. The van der Waals surface area contributed by atoms with Gasteiger partial charge in [-0.25, -0.2) is 0 Å². The highest BCUT2D eigenvalue weighted by Crippen LogP contribution is 2.38. The van der Waals surface area contributed by atoms with Crippen LogP contribution in [0.3, 0.4) is 0 Å². The van der Waals surface area contributed by atoms with Crippen molar-refractivity contribution in [3.05, 3.63) is 36.3 Å². The zero-order chi connectivity index (χ0) is 19.6. The first kappa shape index (κ1) is 23.9. The molecule has 0 spiro atoms. The molecule has 156 valence electrons. The van der Waals surface area contributed by atoms with Crippen molar-refractivity contribution >= 4 is 0 Å². The maximum absolute atomic E-state index is 5.82. The van der Waals surface area contributed by atoms with Crippen LogP contribution in [0.2, 0.25) is 0 Å². The Morgan fingerprint density at radius 1 is 0.889 bits per heavy atom. The average Bonchev–Trinajstić information content (AvgIpc) is 2.68. The summed E-state index contributed by atoms with van der Waals surface area (Å²) in [5.74, 6) is 1.10. The lowest BCUT2D eigenvalue weighted by molar-refractivity contribution is 0.192. The molecule has 0 saturated carbocycles. The Morgan fingerprint density at radius 3 is 2.22 bits per heavy atom. The van der Waals surface area contributed by atoms with E-state index in [0.717, 1.165) is 31.8 Å². The number of ether oxygens (including phenoxy) is 2. The highest BCUT2D eigenvalue weighted by Gasteiger charge is 2.27. The molecule has 0 bridgehead atoms. The lowest BCUT2D eigenvalue weighted by Gasteiger charge is -2.30. The van der Waals surface area contributed by atoms with Gasteiger partial charge in [-0.05, 0) is 31.9 Å². The van der Waals surface area contributed by atoms with Gasteiger partial charge in [0.2, 0.25) is 0 Å². The van der Waals surface area contributed by atoms with Gasteiger partial charge in [0.15, 0.2) is 0 Å². The first-order valence-electron chi connectivity index (χ1n) is 11.6. The minimum Gasteiger partial charge on any atom is -0.501 e. The van der Waals surface area contributed by atoms with E-state index in [0.29, 0.717) is 0 Å². The standard InChI is InChI=1S/C25H44O2/c1-4-7-9-10-11-12-13-14-15-21-26-22-20-25(18-8-5-2)19-16-17-24(23-25)27-6-3/h16-17,19-20,22H,4-15,18,21,23H2,1-3H3. The number of hydrogen-bond acceptors (Lipinski definition) is 2. The Kier molecular flexibility index (Phi) is 14.0. The molecule has 1 atom stereocenters. The predicted octanol–water partition coefficient (Wildman–Crippen LogP) is 8.10. The van der Waals surface area contributed by atoms with Gasteiger partial charge < -0.3 is 9.47 Å². The Labute approximate surface area is 169 Å². The Bertz CT molecular complexity index is 436. The molecule has 0 saturated heterocycles. The fourth-order valence-corrected chi connectivity index (χ4v) is 3.70. The van der Waals surface area contributed by atoms with Gasteiger partial charge in [-0.1, -0.05) is 90.2 Å². The van der Waals surface area contributed by atoms with E-state index < -0.39 is 0 Å². The van der Waals surface area contributed by atoms with Crippen molar-refractivity contribution in [3.63, 3.8) is 0 Å². The number of allylic oxidation sites excluding steroid dienone is 5. The van der Waals surface area contributed by atoms with Gasteiger partial charge in [-0.3, -0.25) is 0 Å². The van der Waals surface area contributed by atoms with E-state index >= 15 is 0 Å². The minimum absolute atomic E-state index is 0.0632. The fourth-order valence-electron chi connectivity index (χ4n) is 3.70. The van der Waals surface area contributed by atoms with E-state index in [9.17, 15) is 0 Å². The van der Waals surface area contributed by atoms with Gasteiger partial charge in [0.1, 0.15) is 0 Å². The molecular weight excluding hydrogens is 332 g/mol.